The van der Waals surface area contributed by atoms with Crippen molar-refractivity contribution >= 4 is 12.4 Å². The highest BCUT2D eigenvalue weighted by Gasteiger charge is 2.16. The average Bonchev–Trinajstić information content (AvgIpc) is 2.56. The molecule has 0 radical (unpaired) electrons. The minimum absolute atomic E-state index is 0. The van der Waals surface area contributed by atoms with Gasteiger partial charge in [-0.15, -0.1) is 12.4 Å². The monoisotopic (exact) mass is 199 g/mol. The molecule has 0 amide bonds. The van der Waals surface area contributed by atoms with Crippen LogP contribution in [-0.4, -0.2) is 18.2 Å². The minimum Gasteiger partial charge on any atom is -0.508 e. The van der Waals surface area contributed by atoms with Crippen LogP contribution in [0, 0.1) is 0 Å². The van der Waals surface area contributed by atoms with Crippen LogP contribution in [0.1, 0.15) is 17.9 Å². The number of hydrogen-bond donors (Lipinski definition) is 2. The molecule has 1 unspecified atom stereocenters. The van der Waals surface area contributed by atoms with Crippen molar-refractivity contribution in [1.29, 1.82) is 0 Å². The van der Waals surface area contributed by atoms with Crippen LogP contribution in [0.15, 0.2) is 24.3 Å². The number of phenols is 1. The summed E-state index contributed by atoms with van der Waals surface area (Å²) >= 11 is 0. The van der Waals surface area contributed by atoms with Crippen molar-refractivity contribution < 1.29 is 5.11 Å². The molecule has 2 N–H and O–H groups in total. The lowest BCUT2D eigenvalue weighted by atomic mass is 9.98. The topological polar surface area (TPSA) is 32.3 Å². The predicted octanol–water partition coefficient (Wildman–Crippen LogP) is 1.89. The lowest BCUT2D eigenvalue weighted by Gasteiger charge is -2.07. The lowest BCUT2D eigenvalue weighted by molar-refractivity contribution is 0.474. The molecule has 1 aromatic rings. The highest BCUT2D eigenvalue weighted by atomic mass is 35.5. The van der Waals surface area contributed by atoms with E-state index in [2.05, 4.69) is 11.4 Å². The zero-order chi connectivity index (χ0) is 8.39. The van der Waals surface area contributed by atoms with Gasteiger partial charge in [-0.3, -0.25) is 0 Å². The number of benzene rings is 1. The molecule has 1 aromatic carbocycles. The zero-order valence-electron chi connectivity index (χ0n) is 7.36. The Balaban J connectivity index is 0.000000845. The first kappa shape index (κ1) is 10.4. The minimum atomic E-state index is 0. The molecule has 72 valence electrons. The summed E-state index contributed by atoms with van der Waals surface area (Å²) in [6.45, 7) is 2.14. The summed E-state index contributed by atoms with van der Waals surface area (Å²) in [4.78, 5) is 0. The largest absolute Gasteiger partial charge is 0.508 e. The molecule has 0 spiro atoms. The number of halogens is 1. The maximum absolute atomic E-state index is 9.25. The molecular formula is C10H14ClNO. The van der Waals surface area contributed by atoms with Gasteiger partial charge < -0.3 is 10.4 Å². The van der Waals surface area contributed by atoms with Crippen molar-refractivity contribution in [3.8, 4) is 5.75 Å². The van der Waals surface area contributed by atoms with Crippen LogP contribution in [0.25, 0.3) is 0 Å². The molecule has 1 aliphatic heterocycles. The summed E-state index contributed by atoms with van der Waals surface area (Å²) in [7, 11) is 0. The van der Waals surface area contributed by atoms with Gasteiger partial charge in [-0.1, -0.05) is 12.1 Å². The highest BCUT2D eigenvalue weighted by molar-refractivity contribution is 5.85. The van der Waals surface area contributed by atoms with Crippen LogP contribution in [0.2, 0.25) is 0 Å². The van der Waals surface area contributed by atoms with Crippen LogP contribution >= 0.6 is 12.4 Å². The summed E-state index contributed by atoms with van der Waals surface area (Å²) in [5.74, 6) is 0.969. The maximum Gasteiger partial charge on any atom is 0.115 e. The Morgan fingerprint density at radius 1 is 1.38 bits per heavy atom. The Morgan fingerprint density at radius 3 is 2.85 bits per heavy atom. The third kappa shape index (κ3) is 2.36. The molecule has 1 fully saturated rings. The van der Waals surface area contributed by atoms with Crippen LogP contribution in [0.5, 0.6) is 5.75 Å². The second-order valence-electron chi connectivity index (χ2n) is 3.28. The molecule has 2 rings (SSSR count). The highest BCUT2D eigenvalue weighted by Crippen LogP contribution is 2.24. The van der Waals surface area contributed by atoms with Crippen LogP contribution in [-0.2, 0) is 0 Å². The Morgan fingerprint density at radius 2 is 2.23 bits per heavy atom. The SMILES string of the molecule is Cl.Oc1cccc(C2CCNC2)c1. The standard InChI is InChI=1S/C10H13NO.ClH/c12-10-3-1-2-8(6-10)9-4-5-11-7-9;/h1-3,6,9,11-12H,4-5,7H2;1H. The molecule has 1 atom stereocenters. The molecule has 13 heavy (non-hydrogen) atoms. The molecule has 0 aromatic heterocycles. The van der Waals surface area contributed by atoms with Crippen molar-refractivity contribution in [2.45, 2.75) is 12.3 Å². The fraction of sp³-hybridized carbons (Fsp3) is 0.400. The summed E-state index contributed by atoms with van der Waals surface area (Å²) in [5.41, 5.74) is 1.25. The van der Waals surface area contributed by atoms with E-state index in [0.717, 1.165) is 13.1 Å². The normalized spacial score (nSPS) is 21.1. The lowest BCUT2D eigenvalue weighted by Crippen LogP contribution is -2.07. The Kier molecular flexibility index (Phi) is 3.58. The quantitative estimate of drug-likeness (QED) is 0.724. The van der Waals surface area contributed by atoms with Crippen LogP contribution in [0.4, 0.5) is 0 Å². The van der Waals surface area contributed by atoms with Crippen molar-refractivity contribution in [2.75, 3.05) is 13.1 Å². The van der Waals surface area contributed by atoms with E-state index in [1.165, 1.54) is 12.0 Å². The van der Waals surface area contributed by atoms with Crippen LogP contribution < -0.4 is 5.32 Å². The molecule has 3 heteroatoms. The number of rotatable bonds is 1. The Labute approximate surface area is 84.4 Å². The van der Waals surface area contributed by atoms with Gasteiger partial charge in [0.1, 0.15) is 5.75 Å². The first-order chi connectivity index (χ1) is 5.86. The van der Waals surface area contributed by atoms with Gasteiger partial charge in [0.25, 0.3) is 0 Å². The summed E-state index contributed by atoms with van der Waals surface area (Å²) in [5, 5.41) is 12.6. The predicted molar refractivity (Wildman–Crippen MR) is 55.6 cm³/mol. The number of hydrogen-bond acceptors (Lipinski definition) is 2. The van der Waals surface area contributed by atoms with Gasteiger partial charge >= 0.3 is 0 Å². The van der Waals surface area contributed by atoms with Crippen molar-refractivity contribution in [3.05, 3.63) is 29.8 Å². The summed E-state index contributed by atoms with van der Waals surface area (Å²) < 4.78 is 0. The van der Waals surface area contributed by atoms with E-state index in [1.807, 2.05) is 12.1 Å². The maximum atomic E-state index is 9.25. The van der Waals surface area contributed by atoms with Gasteiger partial charge in [0.05, 0.1) is 0 Å². The first-order valence-electron chi connectivity index (χ1n) is 4.36. The van der Waals surface area contributed by atoms with E-state index in [4.69, 9.17) is 0 Å². The average molecular weight is 200 g/mol. The fourth-order valence-electron chi connectivity index (χ4n) is 1.72. The molecule has 1 saturated heterocycles. The first-order valence-corrected chi connectivity index (χ1v) is 4.36. The van der Waals surface area contributed by atoms with Crippen molar-refractivity contribution in [1.82, 2.24) is 5.32 Å². The smallest absolute Gasteiger partial charge is 0.115 e. The van der Waals surface area contributed by atoms with E-state index >= 15 is 0 Å². The van der Waals surface area contributed by atoms with E-state index in [0.29, 0.717) is 11.7 Å². The molecule has 0 bridgehead atoms. The van der Waals surface area contributed by atoms with Crippen LogP contribution in [0.3, 0.4) is 0 Å². The third-order valence-electron chi connectivity index (χ3n) is 2.40. The van der Waals surface area contributed by atoms with Gasteiger partial charge in [-0.05, 0) is 36.6 Å². The molecule has 2 nitrogen and oxygen atoms in total. The Hall–Kier alpha value is -0.730. The van der Waals surface area contributed by atoms with Gasteiger partial charge in [0.15, 0.2) is 0 Å². The summed E-state index contributed by atoms with van der Waals surface area (Å²) in [6.07, 6.45) is 1.18. The zero-order valence-corrected chi connectivity index (χ0v) is 8.18. The second kappa shape index (κ2) is 4.49. The third-order valence-corrected chi connectivity index (χ3v) is 2.40. The van der Waals surface area contributed by atoms with E-state index < -0.39 is 0 Å². The van der Waals surface area contributed by atoms with Gasteiger partial charge in [-0.25, -0.2) is 0 Å². The molecule has 0 aliphatic carbocycles. The number of phenolic OH excluding ortho intramolecular Hbond substituents is 1. The van der Waals surface area contributed by atoms with E-state index in [9.17, 15) is 5.11 Å². The van der Waals surface area contributed by atoms with Gasteiger partial charge in [-0.2, -0.15) is 0 Å². The molecule has 1 heterocycles. The van der Waals surface area contributed by atoms with E-state index in [1.54, 1.807) is 6.07 Å². The number of nitrogens with one attached hydrogen (secondary N) is 1. The van der Waals surface area contributed by atoms with Crippen molar-refractivity contribution in [2.24, 2.45) is 0 Å². The van der Waals surface area contributed by atoms with Gasteiger partial charge in [0.2, 0.25) is 0 Å². The molecule has 1 aliphatic rings. The molecule has 0 saturated carbocycles. The van der Waals surface area contributed by atoms with Crippen molar-refractivity contribution in [3.63, 3.8) is 0 Å². The fourth-order valence-corrected chi connectivity index (χ4v) is 1.72. The molecular weight excluding hydrogens is 186 g/mol. The second-order valence-corrected chi connectivity index (χ2v) is 3.28. The number of aromatic hydroxyl groups is 1. The summed E-state index contributed by atoms with van der Waals surface area (Å²) in [6, 6.07) is 7.56. The van der Waals surface area contributed by atoms with E-state index in [-0.39, 0.29) is 12.4 Å². The Bertz CT molecular complexity index is 271. The van der Waals surface area contributed by atoms with Gasteiger partial charge in [0, 0.05) is 6.54 Å².